The fourth-order valence-electron chi connectivity index (χ4n) is 2.30. The molecule has 0 aliphatic heterocycles. The van der Waals surface area contributed by atoms with Crippen molar-refractivity contribution in [2.45, 2.75) is 31.6 Å². The molecule has 1 aliphatic carbocycles. The summed E-state index contributed by atoms with van der Waals surface area (Å²) < 4.78 is 11.2. The van der Waals surface area contributed by atoms with Gasteiger partial charge in [0, 0.05) is 5.88 Å². The van der Waals surface area contributed by atoms with Gasteiger partial charge in [0.05, 0.1) is 13.7 Å². The number of methoxy groups -OCH3 is 1. The summed E-state index contributed by atoms with van der Waals surface area (Å²) in [6, 6.07) is 5.86. The Morgan fingerprint density at radius 1 is 1.24 bits per heavy atom. The molecule has 94 valence electrons. The van der Waals surface area contributed by atoms with Crippen LogP contribution in [-0.4, -0.2) is 13.7 Å². The topological polar surface area (TPSA) is 18.5 Å². The van der Waals surface area contributed by atoms with Crippen molar-refractivity contribution in [1.29, 1.82) is 0 Å². The maximum Gasteiger partial charge on any atom is 0.161 e. The summed E-state index contributed by atoms with van der Waals surface area (Å²) >= 11 is 5.83. The Kier molecular flexibility index (Phi) is 4.55. The third kappa shape index (κ3) is 3.29. The molecule has 0 spiro atoms. The van der Waals surface area contributed by atoms with Crippen LogP contribution in [0.3, 0.4) is 0 Å². The van der Waals surface area contributed by atoms with Crippen LogP contribution in [-0.2, 0) is 5.88 Å². The van der Waals surface area contributed by atoms with E-state index < -0.39 is 0 Å². The summed E-state index contributed by atoms with van der Waals surface area (Å²) in [5.74, 6) is 2.82. The highest BCUT2D eigenvalue weighted by molar-refractivity contribution is 6.17. The molecule has 1 fully saturated rings. The number of benzene rings is 1. The SMILES string of the molecule is COc1ccc(CCl)cc1OCC1CCCC1. The molecule has 1 aromatic rings. The van der Waals surface area contributed by atoms with E-state index in [2.05, 4.69) is 0 Å². The van der Waals surface area contributed by atoms with E-state index in [9.17, 15) is 0 Å². The molecular weight excluding hydrogens is 236 g/mol. The zero-order chi connectivity index (χ0) is 12.1. The smallest absolute Gasteiger partial charge is 0.161 e. The van der Waals surface area contributed by atoms with Crippen LogP contribution in [0.4, 0.5) is 0 Å². The van der Waals surface area contributed by atoms with Crippen molar-refractivity contribution >= 4 is 11.6 Å². The van der Waals surface area contributed by atoms with Crippen molar-refractivity contribution in [3.8, 4) is 11.5 Å². The molecule has 0 bridgehead atoms. The van der Waals surface area contributed by atoms with Gasteiger partial charge in [-0.05, 0) is 36.5 Å². The first-order chi connectivity index (χ1) is 8.33. The fraction of sp³-hybridized carbons (Fsp3) is 0.571. The molecule has 2 nitrogen and oxygen atoms in total. The normalized spacial score (nSPS) is 16.1. The molecule has 1 aromatic carbocycles. The lowest BCUT2D eigenvalue weighted by atomic mass is 10.1. The number of rotatable bonds is 5. The van der Waals surface area contributed by atoms with Gasteiger partial charge in [-0.1, -0.05) is 18.9 Å². The zero-order valence-electron chi connectivity index (χ0n) is 10.2. The summed E-state index contributed by atoms with van der Waals surface area (Å²) in [7, 11) is 1.66. The molecule has 0 amide bonds. The van der Waals surface area contributed by atoms with Gasteiger partial charge in [0.2, 0.25) is 0 Å². The van der Waals surface area contributed by atoms with E-state index in [1.807, 2.05) is 18.2 Å². The molecule has 2 rings (SSSR count). The maximum absolute atomic E-state index is 5.87. The third-order valence-corrected chi connectivity index (χ3v) is 3.64. The second-order valence-corrected chi connectivity index (χ2v) is 4.85. The van der Waals surface area contributed by atoms with Gasteiger partial charge in [-0.2, -0.15) is 0 Å². The van der Waals surface area contributed by atoms with Gasteiger partial charge in [-0.3, -0.25) is 0 Å². The van der Waals surface area contributed by atoms with Crippen LogP contribution < -0.4 is 9.47 Å². The lowest BCUT2D eigenvalue weighted by molar-refractivity contribution is 0.240. The molecule has 0 aromatic heterocycles. The van der Waals surface area contributed by atoms with E-state index in [-0.39, 0.29) is 0 Å². The predicted octanol–water partition coefficient (Wildman–Crippen LogP) is 4.00. The Bertz CT molecular complexity index is 359. The van der Waals surface area contributed by atoms with Crippen molar-refractivity contribution in [3.63, 3.8) is 0 Å². The van der Waals surface area contributed by atoms with Crippen LogP contribution in [0, 0.1) is 5.92 Å². The number of ether oxygens (including phenoxy) is 2. The zero-order valence-corrected chi connectivity index (χ0v) is 11.0. The average Bonchev–Trinajstić information content (AvgIpc) is 2.89. The van der Waals surface area contributed by atoms with E-state index in [4.69, 9.17) is 21.1 Å². The van der Waals surface area contributed by atoms with Gasteiger partial charge >= 0.3 is 0 Å². The van der Waals surface area contributed by atoms with Crippen molar-refractivity contribution in [1.82, 2.24) is 0 Å². The van der Waals surface area contributed by atoms with Crippen LogP contribution >= 0.6 is 11.6 Å². The van der Waals surface area contributed by atoms with E-state index in [1.54, 1.807) is 7.11 Å². The minimum Gasteiger partial charge on any atom is -0.493 e. The molecule has 0 radical (unpaired) electrons. The summed E-state index contributed by atoms with van der Waals surface area (Å²) in [4.78, 5) is 0. The van der Waals surface area contributed by atoms with Crippen molar-refractivity contribution < 1.29 is 9.47 Å². The van der Waals surface area contributed by atoms with Gasteiger partial charge in [0.15, 0.2) is 11.5 Å². The summed E-state index contributed by atoms with van der Waals surface area (Å²) in [5, 5.41) is 0. The third-order valence-electron chi connectivity index (χ3n) is 3.33. The fourth-order valence-corrected chi connectivity index (χ4v) is 2.47. The minimum atomic E-state index is 0.504. The molecule has 17 heavy (non-hydrogen) atoms. The molecular formula is C14H19ClO2. The highest BCUT2D eigenvalue weighted by atomic mass is 35.5. The number of halogens is 1. The summed E-state index contributed by atoms with van der Waals surface area (Å²) in [5.41, 5.74) is 1.06. The molecule has 3 heteroatoms. The number of hydrogen-bond acceptors (Lipinski definition) is 2. The highest BCUT2D eigenvalue weighted by Gasteiger charge is 2.16. The summed E-state index contributed by atoms with van der Waals surface area (Å²) in [6.07, 6.45) is 5.26. The average molecular weight is 255 g/mol. The molecule has 0 heterocycles. The Hall–Kier alpha value is -0.890. The molecule has 0 saturated heterocycles. The van der Waals surface area contributed by atoms with Crippen molar-refractivity contribution in [2.24, 2.45) is 5.92 Å². The van der Waals surface area contributed by atoms with Crippen LogP contribution in [0.1, 0.15) is 31.2 Å². The largest absolute Gasteiger partial charge is 0.493 e. The van der Waals surface area contributed by atoms with Crippen molar-refractivity contribution in [3.05, 3.63) is 23.8 Å². The number of hydrogen-bond donors (Lipinski definition) is 0. The van der Waals surface area contributed by atoms with Crippen LogP contribution in [0.2, 0.25) is 0 Å². The van der Waals surface area contributed by atoms with E-state index in [0.29, 0.717) is 11.8 Å². The van der Waals surface area contributed by atoms with Gasteiger partial charge in [-0.25, -0.2) is 0 Å². The van der Waals surface area contributed by atoms with Crippen LogP contribution in [0.15, 0.2) is 18.2 Å². The monoisotopic (exact) mass is 254 g/mol. The molecule has 0 N–H and O–H groups in total. The lowest BCUT2D eigenvalue weighted by Crippen LogP contribution is -2.08. The van der Waals surface area contributed by atoms with E-state index >= 15 is 0 Å². The molecule has 1 aliphatic rings. The van der Waals surface area contributed by atoms with Gasteiger partial charge in [0.25, 0.3) is 0 Å². The van der Waals surface area contributed by atoms with Gasteiger partial charge in [0.1, 0.15) is 0 Å². The Balaban J connectivity index is 2.01. The second kappa shape index (κ2) is 6.15. The number of alkyl halides is 1. The van der Waals surface area contributed by atoms with Crippen LogP contribution in [0.5, 0.6) is 11.5 Å². The van der Waals surface area contributed by atoms with E-state index in [1.165, 1.54) is 25.7 Å². The van der Waals surface area contributed by atoms with Crippen molar-refractivity contribution in [2.75, 3.05) is 13.7 Å². The molecule has 0 atom stereocenters. The standard InChI is InChI=1S/C14H19ClO2/c1-16-13-7-6-12(9-15)8-14(13)17-10-11-4-2-3-5-11/h6-8,11H,2-5,9-10H2,1H3. The van der Waals surface area contributed by atoms with Gasteiger partial charge in [-0.15, -0.1) is 11.6 Å². The molecule has 0 unspecified atom stereocenters. The Morgan fingerprint density at radius 2 is 2.00 bits per heavy atom. The Morgan fingerprint density at radius 3 is 2.65 bits per heavy atom. The highest BCUT2D eigenvalue weighted by Crippen LogP contribution is 2.31. The summed E-state index contributed by atoms with van der Waals surface area (Å²) in [6.45, 7) is 0.794. The van der Waals surface area contributed by atoms with Crippen LogP contribution in [0.25, 0.3) is 0 Å². The second-order valence-electron chi connectivity index (χ2n) is 4.58. The lowest BCUT2D eigenvalue weighted by Gasteiger charge is -2.14. The first-order valence-corrected chi connectivity index (χ1v) is 6.72. The Labute approximate surface area is 108 Å². The van der Waals surface area contributed by atoms with Gasteiger partial charge < -0.3 is 9.47 Å². The predicted molar refractivity (Wildman–Crippen MR) is 70.0 cm³/mol. The maximum atomic E-state index is 5.87. The quantitative estimate of drug-likeness (QED) is 0.740. The first-order valence-electron chi connectivity index (χ1n) is 6.19. The van der Waals surface area contributed by atoms with E-state index in [0.717, 1.165) is 23.7 Å². The minimum absolute atomic E-state index is 0.504. The molecule has 1 saturated carbocycles. The first kappa shape index (κ1) is 12.6.